The molecule has 4 rings (SSSR count). The minimum absolute atomic E-state index is 0.0186. The molecule has 1 amide bonds. The maximum atomic E-state index is 12.4. The third kappa shape index (κ3) is 2.56. The quantitative estimate of drug-likeness (QED) is 0.601. The number of hydrogen-bond donors (Lipinski definition) is 2. The molecule has 6 heteroatoms. The van der Waals surface area contributed by atoms with Crippen molar-refractivity contribution in [1.29, 1.82) is 0 Å². The molecule has 4 aliphatic rings. The van der Waals surface area contributed by atoms with Crippen LogP contribution in [0.2, 0.25) is 0 Å². The molecule has 2 saturated heterocycles. The van der Waals surface area contributed by atoms with E-state index in [1.165, 1.54) is 18.4 Å². The number of amides is 1. The molecule has 2 N–H and O–H groups in total. The van der Waals surface area contributed by atoms with Gasteiger partial charge in [0.1, 0.15) is 12.1 Å². The summed E-state index contributed by atoms with van der Waals surface area (Å²) < 4.78 is 5.73. The summed E-state index contributed by atoms with van der Waals surface area (Å²) in [4.78, 5) is 28.9. The summed E-state index contributed by atoms with van der Waals surface area (Å²) in [6, 6.07) is -0.379. The van der Waals surface area contributed by atoms with Crippen LogP contribution in [0, 0.1) is 23.2 Å². The minimum atomic E-state index is -0.379. The van der Waals surface area contributed by atoms with Crippen molar-refractivity contribution in [3.05, 3.63) is 12.2 Å². The Morgan fingerprint density at radius 1 is 1.42 bits per heavy atom. The van der Waals surface area contributed by atoms with Crippen LogP contribution in [0.3, 0.4) is 0 Å². The summed E-state index contributed by atoms with van der Waals surface area (Å²) in [6.07, 6.45) is 5.43. The normalized spacial score (nSPS) is 44.7. The highest BCUT2D eigenvalue weighted by atomic mass is 16.7. The summed E-state index contributed by atoms with van der Waals surface area (Å²) in [5.41, 5.74) is 3.90. The molecule has 132 valence electrons. The molecule has 2 heterocycles. The van der Waals surface area contributed by atoms with E-state index in [2.05, 4.69) is 24.3 Å². The average Bonchev–Trinajstić information content (AvgIpc) is 3.05. The molecule has 0 aromatic heterocycles. The van der Waals surface area contributed by atoms with Crippen LogP contribution in [-0.2, 0) is 19.2 Å². The van der Waals surface area contributed by atoms with Crippen molar-refractivity contribution in [2.45, 2.75) is 51.2 Å². The Morgan fingerprint density at radius 3 is 3.00 bits per heavy atom. The SMILES string of the molecule is C=C1CCC[C@]2(C)C[C@H]3OC(=O)C(CN[C@@H]4CONC4=O)[C@H]3CC12. The van der Waals surface area contributed by atoms with E-state index in [4.69, 9.17) is 9.57 Å². The lowest BCUT2D eigenvalue weighted by Crippen LogP contribution is -2.47. The number of nitrogens with one attached hydrogen (secondary N) is 2. The highest BCUT2D eigenvalue weighted by Crippen LogP contribution is 2.56. The molecule has 6 atom stereocenters. The van der Waals surface area contributed by atoms with Crippen LogP contribution in [0.15, 0.2) is 12.2 Å². The molecule has 2 saturated carbocycles. The average molecular weight is 334 g/mol. The number of allylic oxidation sites excluding steroid dienone is 1. The topological polar surface area (TPSA) is 76.7 Å². The van der Waals surface area contributed by atoms with Crippen molar-refractivity contribution in [1.82, 2.24) is 10.8 Å². The Balaban J connectivity index is 1.46. The van der Waals surface area contributed by atoms with E-state index in [1.54, 1.807) is 0 Å². The summed E-state index contributed by atoms with van der Waals surface area (Å²) in [7, 11) is 0. The Kier molecular flexibility index (Phi) is 3.92. The molecule has 2 unspecified atom stereocenters. The zero-order chi connectivity index (χ0) is 16.9. The van der Waals surface area contributed by atoms with Crippen LogP contribution in [-0.4, -0.2) is 37.2 Å². The fourth-order valence-electron chi connectivity index (χ4n) is 5.25. The standard InChI is InChI=1S/C18H26N2O4/c1-10-4-3-5-18(2)7-15-11(6-13(10)18)12(17(22)24-15)8-19-14-9-23-20-16(14)21/h11-15,19H,1,3-9H2,2H3,(H,20,21)/t11-,12?,13?,14-,15-,18-/m1/s1. The van der Waals surface area contributed by atoms with Gasteiger partial charge in [0.2, 0.25) is 0 Å². The Hall–Kier alpha value is -1.40. The first kappa shape index (κ1) is 16.1. The van der Waals surface area contributed by atoms with Gasteiger partial charge >= 0.3 is 5.97 Å². The van der Waals surface area contributed by atoms with E-state index in [-0.39, 0.29) is 41.3 Å². The van der Waals surface area contributed by atoms with Gasteiger partial charge in [0.25, 0.3) is 5.91 Å². The largest absolute Gasteiger partial charge is 0.462 e. The molecule has 0 radical (unpaired) electrons. The first-order valence-corrected chi connectivity index (χ1v) is 9.01. The minimum Gasteiger partial charge on any atom is -0.462 e. The van der Waals surface area contributed by atoms with Gasteiger partial charge < -0.3 is 10.1 Å². The molecule has 4 fully saturated rings. The van der Waals surface area contributed by atoms with Gasteiger partial charge in [0.15, 0.2) is 0 Å². The van der Waals surface area contributed by atoms with Crippen molar-refractivity contribution >= 4 is 11.9 Å². The molecule has 2 aliphatic heterocycles. The van der Waals surface area contributed by atoms with Crippen LogP contribution in [0.5, 0.6) is 0 Å². The van der Waals surface area contributed by atoms with E-state index in [0.717, 1.165) is 19.3 Å². The Bertz CT molecular complexity index is 577. The molecule has 0 spiro atoms. The molecular weight excluding hydrogens is 308 g/mol. The summed E-state index contributed by atoms with van der Waals surface area (Å²) in [5, 5.41) is 3.17. The number of carbonyl (C=O) groups is 2. The van der Waals surface area contributed by atoms with Gasteiger partial charge in [-0.15, -0.1) is 0 Å². The van der Waals surface area contributed by atoms with Gasteiger partial charge in [-0.2, -0.15) is 0 Å². The first-order valence-electron chi connectivity index (χ1n) is 9.01. The number of carbonyl (C=O) groups excluding carboxylic acids is 2. The van der Waals surface area contributed by atoms with Crippen LogP contribution >= 0.6 is 0 Å². The monoisotopic (exact) mass is 334 g/mol. The molecule has 2 aliphatic carbocycles. The van der Waals surface area contributed by atoms with Gasteiger partial charge in [-0.3, -0.25) is 14.4 Å². The molecule has 0 aromatic carbocycles. The highest BCUT2D eigenvalue weighted by molar-refractivity contribution is 5.82. The summed E-state index contributed by atoms with van der Waals surface area (Å²) in [6.45, 7) is 7.41. The maximum absolute atomic E-state index is 12.4. The fourth-order valence-corrected chi connectivity index (χ4v) is 5.25. The van der Waals surface area contributed by atoms with Crippen LogP contribution in [0.1, 0.15) is 39.0 Å². The van der Waals surface area contributed by atoms with Crippen molar-refractivity contribution in [2.75, 3.05) is 13.2 Å². The number of rotatable bonds is 3. The molecule has 0 bridgehead atoms. The van der Waals surface area contributed by atoms with Gasteiger partial charge in [-0.25, -0.2) is 5.48 Å². The number of hydrogen-bond acceptors (Lipinski definition) is 5. The number of esters is 1. The third-order valence-electron chi connectivity index (χ3n) is 6.64. The summed E-state index contributed by atoms with van der Waals surface area (Å²) >= 11 is 0. The number of ether oxygens (including phenoxy) is 1. The summed E-state index contributed by atoms with van der Waals surface area (Å²) in [5.74, 6) is 0.244. The van der Waals surface area contributed by atoms with E-state index in [1.807, 2.05) is 0 Å². The lowest BCUT2D eigenvalue weighted by atomic mass is 9.55. The van der Waals surface area contributed by atoms with Gasteiger partial charge in [0.05, 0.1) is 12.5 Å². The second-order valence-electron chi connectivity index (χ2n) is 8.14. The highest BCUT2D eigenvalue weighted by Gasteiger charge is 2.55. The van der Waals surface area contributed by atoms with Crippen molar-refractivity contribution < 1.29 is 19.2 Å². The van der Waals surface area contributed by atoms with Crippen LogP contribution < -0.4 is 10.8 Å². The Labute approximate surface area is 142 Å². The second kappa shape index (κ2) is 5.85. The molecular formula is C18H26N2O4. The van der Waals surface area contributed by atoms with E-state index in [0.29, 0.717) is 19.1 Å². The van der Waals surface area contributed by atoms with Crippen molar-refractivity contribution in [3.8, 4) is 0 Å². The molecule has 0 aromatic rings. The van der Waals surface area contributed by atoms with E-state index >= 15 is 0 Å². The second-order valence-corrected chi connectivity index (χ2v) is 8.14. The number of hydroxylamine groups is 1. The van der Waals surface area contributed by atoms with Gasteiger partial charge in [0, 0.05) is 12.5 Å². The Morgan fingerprint density at radius 2 is 2.25 bits per heavy atom. The number of fused-ring (bicyclic) bond motifs is 2. The van der Waals surface area contributed by atoms with Crippen molar-refractivity contribution in [3.63, 3.8) is 0 Å². The zero-order valence-corrected chi connectivity index (χ0v) is 14.2. The maximum Gasteiger partial charge on any atom is 0.310 e. The van der Waals surface area contributed by atoms with E-state index in [9.17, 15) is 9.59 Å². The smallest absolute Gasteiger partial charge is 0.310 e. The third-order valence-corrected chi connectivity index (χ3v) is 6.64. The predicted molar refractivity (Wildman–Crippen MR) is 86.6 cm³/mol. The van der Waals surface area contributed by atoms with E-state index < -0.39 is 0 Å². The van der Waals surface area contributed by atoms with Crippen LogP contribution in [0.4, 0.5) is 0 Å². The zero-order valence-electron chi connectivity index (χ0n) is 14.2. The first-order chi connectivity index (χ1) is 11.5. The van der Waals surface area contributed by atoms with Crippen molar-refractivity contribution in [2.24, 2.45) is 23.2 Å². The lowest BCUT2D eigenvalue weighted by Gasteiger charge is -2.50. The lowest BCUT2D eigenvalue weighted by molar-refractivity contribution is -0.146. The van der Waals surface area contributed by atoms with Gasteiger partial charge in [-0.05, 0) is 43.4 Å². The molecule has 6 nitrogen and oxygen atoms in total. The van der Waals surface area contributed by atoms with Gasteiger partial charge in [-0.1, -0.05) is 19.1 Å². The fraction of sp³-hybridized carbons (Fsp3) is 0.778. The van der Waals surface area contributed by atoms with Crippen LogP contribution in [0.25, 0.3) is 0 Å². The predicted octanol–water partition coefficient (Wildman–Crippen LogP) is 1.32. The molecule has 24 heavy (non-hydrogen) atoms.